The van der Waals surface area contributed by atoms with E-state index in [1.165, 1.54) is 23.5 Å². The van der Waals surface area contributed by atoms with Crippen LogP contribution in [-0.4, -0.2) is 10.9 Å². The van der Waals surface area contributed by atoms with Gasteiger partial charge in [0, 0.05) is 28.6 Å². The van der Waals surface area contributed by atoms with Gasteiger partial charge in [0.2, 0.25) is 5.91 Å². The van der Waals surface area contributed by atoms with Crippen molar-refractivity contribution < 1.29 is 9.21 Å². The third-order valence-corrected chi connectivity index (χ3v) is 3.72. The zero-order valence-electron chi connectivity index (χ0n) is 11.7. The maximum Gasteiger partial charge on any atom is 0.336 e. The summed E-state index contributed by atoms with van der Waals surface area (Å²) < 4.78 is 5.04. The monoisotopic (exact) mass is 312 g/mol. The number of aromatic nitrogens is 1. The number of carbonyl (C=O) groups is 1. The summed E-state index contributed by atoms with van der Waals surface area (Å²) in [7, 11) is 0. The number of carbonyl (C=O) groups excluding carboxylic acids is 1. The van der Waals surface area contributed by atoms with Crippen molar-refractivity contribution in [1.82, 2.24) is 4.98 Å². The molecule has 0 bridgehead atoms. The molecule has 2 heterocycles. The fourth-order valence-electron chi connectivity index (χ4n) is 1.95. The van der Waals surface area contributed by atoms with Crippen LogP contribution in [0.5, 0.6) is 0 Å². The van der Waals surface area contributed by atoms with Crippen LogP contribution < -0.4 is 10.9 Å². The van der Waals surface area contributed by atoms with E-state index in [4.69, 9.17) is 4.42 Å². The molecule has 6 heteroatoms. The van der Waals surface area contributed by atoms with E-state index >= 15 is 0 Å². The Kier molecular flexibility index (Phi) is 3.84. The minimum atomic E-state index is -0.397. The number of nitrogens with zero attached hydrogens (tertiary/aromatic N) is 1. The minimum absolute atomic E-state index is 0.248. The zero-order chi connectivity index (χ0) is 15.5. The van der Waals surface area contributed by atoms with Crippen molar-refractivity contribution in [3.8, 4) is 0 Å². The van der Waals surface area contributed by atoms with Gasteiger partial charge in [-0.3, -0.25) is 4.79 Å². The summed E-state index contributed by atoms with van der Waals surface area (Å²) >= 11 is 1.53. The highest BCUT2D eigenvalue weighted by molar-refractivity contribution is 7.09. The summed E-state index contributed by atoms with van der Waals surface area (Å²) in [4.78, 5) is 27.3. The van der Waals surface area contributed by atoms with Gasteiger partial charge in [0.15, 0.2) is 0 Å². The van der Waals surface area contributed by atoms with E-state index < -0.39 is 5.63 Å². The van der Waals surface area contributed by atoms with Gasteiger partial charge in [-0.15, -0.1) is 11.3 Å². The number of benzene rings is 1. The molecular formula is C16H12N2O3S. The summed E-state index contributed by atoms with van der Waals surface area (Å²) in [6, 6.07) is 8.09. The Morgan fingerprint density at radius 3 is 2.95 bits per heavy atom. The fourth-order valence-corrected chi connectivity index (χ4v) is 2.53. The van der Waals surface area contributed by atoms with Crippen molar-refractivity contribution in [1.29, 1.82) is 0 Å². The second-order valence-corrected chi connectivity index (χ2v) is 5.68. The third-order valence-electron chi connectivity index (χ3n) is 2.93. The molecule has 0 aliphatic heterocycles. The van der Waals surface area contributed by atoms with Crippen LogP contribution in [0.2, 0.25) is 0 Å². The first-order valence-corrected chi connectivity index (χ1v) is 7.43. The highest BCUT2D eigenvalue weighted by Crippen LogP contribution is 2.17. The average Bonchev–Trinajstić information content (AvgIpc) is 2.91. The molecule has 0 saturated carbocycles. The van der Waals surface area contributed by atoms with Crippen LogP contribution in [0.3, 0.4) is 0 Å². The van der Waals surface area contributed by atoms with Gasteiger partial charge in [-0.05, 0) is 37.3 Å². The molecule has 110 valence electrons. The number of hydrogen-bond donors (Lipinski definition) is 1. The van der Waals surface area contributed by atoms with Gasteiger partial charge in [0.05, 0.1) is 10.7 Å². The van der Waals surface area contributed by atoms with Crippen LogP contribution in [0.25, 0.3) is 17.0 Å². The lowest BCUT2D eigenvalue weighted by atomic mass is 10.2. The van der Waals surface area contributed by atoms with Crippen molar-refractivity contribution in [3.63, 3.8) is 0 Å². The van der Waals surface area contributed by atoms with E-state index in [0.29, 0.717) is 11.3 Å². The second-order valence-electron chi connectivity index (χ2n) is 4.62. The van der Waals surface area contributed by atoms with Gasteiger partial charge >= 0.3 is 5.63 Å². The van der Waals surface area contributed by atoms with E-state index in [0.717, 1.165) is 16.1 Å². The van der Waals surface area contributed by atoms with E-state index in [1.54, 1.807) is 30.3 Å². The Morgan fingerprint density at radius 2 is 2.18 bits per heavy atom. The Hall–Kier alpha value is -2.73. The van der Waals surface area contributed by atoms with Crippen molar-refractivity contribution >= 4 is 40.0 Å². The summed E-state index contributed by atoms with van der Waals surface area (Å²) in [5.41, 5.74) is 1.48. The molecule has 22 heavy (non-hydrogen) atoms. The molecule has 0 saturated heterocycles. The molecular weight excluding hydrogens is 300 g/mol. The number of amides is 1. The van der Waals surface area contributed by atoms with Gasteiger partial charge in [0.25, 0.3) is 0 Å². The van der Waals surface area contributed by atoms with Crippen LogP contribution >= 0.6 is 11.3 Å². The fraction of sp³-hybridized carbons (Fsp3) is 0.0625. The van der Waals surface area contributed by atoms with Gasteiger partial charge < -0.3 is 9.73 Å². The van der Waals surface area contributed by atoms with Crippen molar-refractivity contribution in [2.75, 3.05) is 5.32 Å². The first kappa shape index (κ1) is 14.2. The maximum atomic E-state index is 11.9. The summed E-state index contributed by atoms with van der Waals surface area (Å²) in [6.45, 7) is 1.91. The summed E-state index contributed by atoms with van der Waals surface area (Å²) in [5, 5.41) is 6.34. The van der Waals surface area contributed by atoms with Gasteiger partial charge in [0.1, 0.15) is 5.58 Å². The number of rotatable bonds is 3. The summed E-state index contributed by atoms with van der Waals surface area (Å²) in [5.74, 6) is -0.248. The molecule has 1 aromatic carbocycles. The molecule has 3 rings (SSSR count). The molecule has 0 unspecified atom stereocenters. The number of thiazole rings is 1. The number of hydrogen-bond acceptors (Lipinski definition) is 5. The molecule has 1 amide bonds. The average molecular weight is 312 g/mol. The van der Waals surface area contributed by atoms with Crippen LogP contribution in [0.15, 0.2) is 51.0 Å². The molecule has 0 fully saturated rings. The standard InChI is InChI=1S/C16H12N2O3S/c1-10-17-13(9-22-10)4-6-15(19)18-12-3-5-14-11(8-12)2-7-16(20)21-14/h2-9H,1H3,(H,18,19)/b6-4+. The second kappa shape index (κ2) is 5.95. The SMILES string of the molecule is Cc1nc(/C=C/C(=O)Nc2ccc3oc(=O)ccc3c2)cs1. The van der Waals surface area contributed by atoms with Crippen LogP contribution in [0.1, 0.15) is 10.7 Å². The lowest BCUT2D eigenvalue weighted by molar-refractivity contribution is -0.111. The van der Waals surface area contributed by atoms with Gasteiger partial charge in [-0.1, -0.05) is 0 Å². The normalized spacial score (nSPS) is 11.1. The molecule has 2 aromatic heterocycles. The molecule has 3 aromatic rings. The van der Waals surface area contributed by atoms with Crippen LogP contribution in [-0.2, 0) is 4.79 Å². The van der Waals surface area contributed by atoms with E-state index in [2.05, 4.69) is 10.3 Å². The predicted molar refractivity (Wildman–Crippen MR) is 87.0 cm³/mol. The number of nitrogens with one attached hydrogen (secondary N) is 1. The van der Waals surface area contributed by atoms with E-state index in [1.807, 2.05) is 12.3 Å². The Bertz CT molecular complexity index is 924. The van der Waals surface area contributed by atoms with Crippen molar-refractivity contribution in [2.24, 2.45) is 0 Å². The first-order valence-electron chi connectivity index (χ1n) is 6.55. The van der Waals surface area contributed by atoms with Gasteiger partial charge in [-0.2, -0.15) is 0 Å². The van der Waals surface area contributed by atoms with E-state index in [-0.39, 0.29) is 5.91 Å². The van der Waals surface area contributed by atoms with Crippen molar-refractivity contribution in [3.05, 3.63) is 62.9 Å². The lowest BCUT2D eigenvalue weighted by Gasteiger charge is -2.03. The molecule has 0 spiro atoms. The Labute approximate surface area is 129 Å². The largest absolute Gasteiger partial charge is 0.423 e. The number of anilines is 1. The smallest absolute Gasteiger partial charge is 0.336 e. The maximum absolute atomic E-state index is 11.9. The van der Waals surface area contributed by atoms with E-state index in [9.17, 15) is 9.59 Å². The quantitative estimate of drug-likeness (QED) is 0.595. The van der Waals surface area contributed by atoms with Crippen LogP contribution in [0.4, 0.5) is 5.69 Å². The minimum Gasteiger partial charge on any atom is -0.423 e. The molecule has 1 N–H and O–H groups in total. The Morgan fingerprint density at radius 1 is 1.32 bits per heavy atom. The molecule has 0 aliphatic rings. The van der Waals surface area contributed by atoms with Crippen molar-refractivity contribution in [2.45, 2.75) is 6.92 Å². The topological polar surface area (TPSA) is 72.2 Å². The summed E-state index contributed by atoms with van der Waals surface area (Å²) in [6.07, 6.45) is 3.10. The predicted octanol–water partition coefficient (Wildman–Crippen LogP) is 3.21. The highest BCUT2D eigenvalue weighted by atomic mass is 32.1. The number of fused-ring (bicyclic) bond motifs is 1. The molecule has 0 radical (unpaired) electrons. The third kappa shape index (κ3) is 3.29. The molecule has 5 nitrogen and oxygen atoms in total. The van der Waals surface area contributed by atoms with Crippen LogP contribution in [0, 0.1) is 6.92 Å². The van der Waals surface area contributed by atoms with Gasteiger partial charge in [-0.25, -0.2) is 9.78 Å². The Balaban J connectivity index is 1.75. The number of aryl methyl sites for hydroxylation is 1. The zero-order valence-corrected chi connectivity index (χ0v) is 12.5. The molecule has 0 aliphatic carbocycles. The lowest BCUT2D eigenvalue weighted by Crippen LogP contribution is -2.07. The molecule has 0 atom stereocenters. The highest BCUT2D eigenvalue weighted by Gasteiger charge is 2.02. The first-order chi connectivity index (χ1) is 10.6.